The van der Waals surface area contributed by atoms with Crippen molar-refractivity contribution < 1.29 is 21.2 Å². The molecule has 102 valence electrons. The summed E-state index contributed by atoms with van der Waals surface area (Å²) < 4.78 is 58.1. The topological polar surface area (TPSA) is 94.3 Å². The highest BCUT2D eigenvalue weighted by atomic mass is 32.2. The van der Waals surface area contributed by atoms with E-state index < -0.39 is 42.8 Å². The lowest BCUT2D eigenvalue weighted by Crippen LogP contribution is -2.18. The van der Waals surface area contributed by atoms with Crippen LogP contribution in [0.1, 0.15) is 5.56 Å². The quantitative estimate of drug-likeness (QED) is 0.792. The van der Waals surface area contributed by atoms with Gasteiger partial charge in [0, 0.05) is 11.9 Å². The molecule has 0 amide bonds. The molecule has 0 saturated heterocycles. The standard InChI is InChI=1S/C10H14FNO4S2/c1-17(13,14)4-5-18(15,16)7-8-6-9(11)2-3-10(8)12/h2-3,6H,4-5,7,12H2,1H3. The highest BCUT2D eigenvalue weighted by Gasteiger charge is 2.17. The zero-order valence-corrected chi connectivity index (χ0v) is 11.4. The van der Waals surface area contributed by atoms with Crippen LogP contribution in [0.5, 0.6) is 0 Å². The first-order chi connectivity index (χ1) is 8.09. The Bertz CT molecular complexity index is 638. The lowest BCUT2D eigenvalue weighted by molar-refractivity contribution is 0.589. The molecule has 0 aromatic heterocycles. The molecule has 0 aliphatic rings. The Morgan fingerprint density at radius 3 is 2.33 bits per heavy atom. The molecular formula is C10H14FNO4S2. The minimum atomic E-state index is -3.63. The van der Waals surface area contributed by atoms with Crippen LogP contribution in [0.25, 0.3) is 0 Å². The number of halogens is 1. The zero-order valence-electron chi connectivity index (χ0n) is 9.76. The van der Waals surface area contributed by atoms with E-state index >= 15 is 0 Å². The number of nitrogen functional groups attached to an aromatic ring is 1. The molecule has 0 saturated carbocycles. The first kappa shape index (κ1) is 14.9. The Labute approximate surface area is 106 Å². The van der Waals surface area contributed by atoms with Crippen LogP contribution in [0.2, 0.25) is 0 Å². The average molecular weight is 295 g/mol. The van der Waals surface area contributed by atoms with Crippen molar-refractivity contribution in [3.63, 3.8) is 0 Å². The van der Waals surface area contributed by atoms with Gasteiger partial charge in [-0.25, -0.2) is 21.2 Å². The van der Waals surface area contributed by atoms with Gasteiger partial charge in [-0.2, -0.15) is 0 Å². The molecule has 0 fully saturated rings. The Hall–Kier alpha value is -1.15. The molecule has 0 aliphatic carbocycles. The van der Waals surface area contributed by atoms with E-state index in [2.05, 4.69) is 0 Å². The monoisotopic (exact) mass is 295 g/mol. The number of rotatable bonds is 5. The molecule has 0 aliphatic heterocycles. The van der Waals surface area contributed by atoms with E-state index in [0.29, 0.717) is 0 Å². The number of hydrogen-bond donors (Lipinski definition) is 1. The van der Waals surface area contributed by atoms with Crippen molar-refractivity contribution in [1.82, 2.24) is 0 Å². The van der Waals surface area contributed by atoms with Gasteiger partial charge in [0.15, 0.2) is 9.84 Å². The second kappa shape index (κ2) is 5.23. The Morgan fingerprint density at radius 2 is 1.78 bits per heavy atom. The number of nitrogens with two attached hydrogens (primary N) is 1. The number of sulfone groups is 2. The second-order valence-corrected chi connectivity index (χ2v) is 8.51. The molecule has 0 heterocycles. The second-order valence-electron chi connectivity index (χ2n) is 4.07. The summed E-state index contributed by atoms with van der Waals surface area (Å²) in [5.74, 6) is -2.00. The van der Waals surface area contributed by atoms with Crippen molar-refractivity contribution in [2.75, 3.05) is 23.5 Å². The van der Waals surface area contributed by atoms with Crippen molar-refractivity contribution in [2.45, 2.75) is 5.75 Å². The van der Waals surface area contributed by atoms with Crippen LogP contribution in [-0.4, -0.2) is 34.6 Å². The molecule has 5 nitrogen and oxygen atoms in total. The summed E-state index contributed by atoms with van der Waals surface area (Å²) in [6.45, 7) is 0. The first-order valence-electron chi connectivity index (χ1n) is 5.01. The zero-order chi connectivity index (χ0) is 14.0. The van der Waals surface area contributed by atoms with Crippen molar-refractivity contribution >= 4 is 25.4 Å². The minimum Gasteiger partial charge on any atom is -0.398 e. The molecule has 8 heteroatoms. The third kappa shape index (κ3) is 5.01. The summed E-state index contributed by atoms with van der Waals surface area (Å²) in [6, 6.07) is 3.44. The number of benzene rings is 1. The van der Waals surface area contributed by atoms with E-state index in [9.17, 15) is 21.2 Å². The van der Waals surface area contributed by atoms with Crippen LogP contribution < -0.4 is 5.73 Å². The lowest BCUT2D eigenvalue weighted by Gasteiger charge is -2.07. The molecule has 1 rings (SSSR count). The van der Waals surface area contributed by atoms with Gasteiger partial charge in [-0.15, -0.1) is 0 Å². The summed E-state index contributed by atoms with van der Waals surface area (Å²) in [7, 11) is -6.99. The Morgan fingerprint density at radius 1 is 1.17 bits per heavy atom. The van der Waals surface area contributed by atoms with Gasteiger partial charge >= 0.3 is 0 Å². The largest absolute Gasteiger partial charge is 0.398 e. The molecule has 1 aromatic rings. The molecule has 0 unspecified atom stereocenters. The fourth-order valence-electron chi connectivity index (χ4n) is 1.29. The van der Waals surface area contributed by atoms with Crippen LogP contribution >= 0.6 is 0 Å². The van der Waals surface area contributed by atoms with E-state index in [1.807, 2.05) is 0 Å². The maximum Gasteiger partial charge on any atom is 0.155 e. The van der Waals surface area contributed by atoms with Crippen LogP contribution in [-0.2, 0) is 25.4 Å². The van der Waals surface area contributed by atoms with E-state index in [-0.39, 0.29) is 11.3 Å². The molecule has 0 bridgehead atoms. The van der Waals surface area contributed by atoms with Crippen molar-refractivity contribution in [3.8, 4) is 0 Å². The summed E-state index contributed by atoms with van der Waals surface area (Å²) in [6.07, 6.45) is 0.957. The Balaban J connectivity index is 2.86. The van der Waals surface area contributed by atoms with Gasteiger partial charge in [-0.1, -0.05) is 0 Å². The van der Waals surface area contributed by atoms with Gasteiger partial charge in [0.1, 0.15) is 15.7 Å². The highest BCUT2D eigenvalue weighted by molar-refractivity contribution is 7.94. The molecular weight excluding hydrogens is 281 g/mol. The van der Waals surface area contributed by atoms with Crippen molar-refractivity contribution in [1.29, 1.82) is 0 Å². The van der Waals surface area contributed by atoms with Crippen molar-refractivity contribution in [3.05, 3.63) is 29.6 Å². The minimum absolute atomic E-state index is 0.142. The maximum absolute atomic E-state index is 13.0. The summed E-state index contributed by atoms with van der Waals surface area (Å²) >= 11 is 0. The van der Waals surface area contributed by atoms with E-state index in [0.717, 1.165) is 18.4 Å². The summed E-state index contributed by atoms with van der Waals surface area (Å²) in [5, 5.41) is 0. The lowest BCUT2D eigenvalue weighted by atomic mass is 10.2. The molecule has 1 aromatic carbocycles. The molecule has 0 spiro atoms. The number of hydrogen-bond acceptors (Lipinski definition) is 5. The highest BCUT2D eigenvalue weighted by Crippen LogP contribution is 2.16. The van der Waals surface area contributed by atoms with Crippen molar-refractivity contribution in [2.24, 2.45) is 0 Å². The van der Waals surface area contributed by atoms with E-state index in [1.54, 1.807) is 0 Å². The van der Waals surface area contributed by atoms with Gasteiger partial charge < -0.3 is 5.73 Å². The van der Waals surface area contributed by atoms with Gasteiger partial charge in [0.2, 0.25) is 0 Å². The third-order valence-corrected chi connectivity index (χ3v) is 5.03. The third-order valence-electron chi connectivity index (χ3n) is 2.25. The fraction of sp³-hybridized carbons (Fsp3) is 0.400. The fourth-order valence-corrected chi connectivity index (χ4v) is 4.38. The summed E-state index contributed by atoms with van der Waals surface area (Å²) in [5.41, 5.74) is 5.84. The van der Waals surface area contributed by atoms with Crippen LogP contribution in [0.4, 0.5) is 10.1 Å². The molecule has 18 heavy (non-hydrogen) atoms. The summed E-state index contributed by atoms with van der Waals surface area (Å²) in [4.78, 5) is 0. The normalized spacial score (nSPS) is 12.6. The van der Waals surface area contributed by atoms with Gasteiger partial charge in [-0.05, 0) is 23.8 Å². The van der Waals surface area contributed by atoms with Gasteiger partial charge in [0.05, 0.1) is 17.3 Å². The van der Waals surface area contributed by atoms with Gasteiger partial charge in [0.25, 0.3) is 0 Å². The van der Waals surface area contributed by atoms with Crippen LogP contribution in [0, 0.1) is 5.82 Å². The molecule has 0 radical (unpaired) electrons. The molecule has 2 N–H and O–H groups in total. The first-order valence-corrected chi connectivity index (χ1v) is 8.89. The van der Waals surface area contributed by atoms with E-state index in [4.69, 9.17) is 5.73 Å². The van der Waals surface area contributed by atoms with Crippen LogP contribution in [0.15, 0.2) is 18.2 Å². The predicted octanol–water partition coefficient (Wildman–Crippen LogP) is 0.367. The maximum atomic E-state index is 13.0. The number of anilines is 1. The average Bonchev–Trinajstić information content (AvgIpc) is 2.20. The smallest absolute Gasteiger partial charge is 0.155 e. The van der Waals surface area contributed by atoms with Gasteiger partial charge in [-0.3, -0.25) is 0 Å². The van der Waals surface area contributed by atoms with Crippen LogP contribution in [0.3, 0.4) is 0 Å². The van der Waals surface area contributed by atoms with E-state index in [1.165, 1.54) is 6.07 Å². The SMILES string of the molecule is CS(=O)(=O)CCS(=O)(=O)Cc1cc(F)ccc1N. The Kier molecular flexibility index (Phi) is 4.33. The molecule has 0 atom stereocenters. The predicted molar refractivity (Wildman–Crippen MR) is 68.0 cm³/mol.